The van der Waals surface area contributed by atoms with Crippen molar-refractivity contribution in [2.45, 2.75) is 32.5 Å². The van der Waals surface area contributed by atoms with Gasteiger partial charge < -0.3 is 10.6 Å². The molecule has 1 fully saturated rings. The molecular weight excluding hydrogens is 399 g/mol. The average Bonchev–Trinajstić information content (AvgIpc) is 3.12. The number of rotatable bonds is 3. The Labute approximate surface area is 169 Å². The predicted molar refractivity (Wildman–Crippen MR) is 102 cm³/mol. The van der Waals surface area contributed by atoms with Crippen LogP contribution < -0.4 is 10.6 Å². The number of halogens is 3. The van der Waals surface area contributed by atoms with Gasteiger partial charge in [-0.1, -0.05) is 6.92 Å². The van der Waals surface area contributed by atoms with E-state index < -0.39 is 11.9 Å². The van der Waals surface area contributed by atoms with Gasteiger partial charge in [0.25, 0.3) is 0 Å². The number of amides is 1. The molecule has 1 saturated heterocycles. The monoisotopic (exact) mass is 419 g/mol. The molecule has 8 nitrogen and oxygen atoms in total. The second-order valence-corrected chi connectivity index (χ2v) is 7.63. The maximum absolute atomic E-state index is 13.1. The lowest BCUT2D eigenvalue weighted by atomic mass is 9.84. The molecule has 3 aromatic rings. The van der Waals surface area contributed by atoms with E-state index in [1.54, 1.807) is 6.07 Å². The van der Waals surface area contributed by atoms with Gasteiger partial charge in [0, 0.05) is 18.7 Å². The largest absolute Gasteiger partial charge is 0.435 e. The lowest BCUT2D eigenvalue weighted by Gasteiger charge is -2.41. The second kappa shape index (κ2) is 7.22. The lowest BCUT2D eigenvalue weighted by Crippen LogP contribution is -2.51. The van der Waals surface area contributed by atoms with Crippen LogP contribution in [0.3, 0.4) is 0 Å². The molecule has 0 saturated carbocycles. The molecule has 3 aromatic heterocycles. The first-order valence-electron chi connectivity index (χ1n) is 9.45. The molecule has 4 heterocycles. The number of carbonyl (C=O) groups excluding carboxylic acids is 1. The van der Waals surface area contributed by atoms with E-state index in [1.165, 1.54) is 18.6 Å². The summed E-state index contributed by atoms with van der Waals surface area (Å²) in [5, 5.41) is 3.68. The summed E-state index contributed by atoms with van der Waals surface area (Å²) in [5.74, 6) is 0.106. The van der Waals surface area contributed by atoms with Gasteiger partial charge in [0.2, 0.25) is 5.91 Å². The highest BCUT2D eigenvalue weighted by Gasteiger charge is 2.36. The van der Waals surface area contributed by atoms with Crippen LogP contribution in [-0.2, 0) is 11.0 Å². The normalized spacial score (nSPS) is 22.4. The van der Waals surface area contributed by atoms with E-state index in [0.717, 1.165) is 10.6 Å². The Hall–Kier alpha value is -3.24. The van der Waals surface area contributed by atoms with E-state index in [0.29, 0.717) is 30.2 Å². The summed E-state index contributed by atoms with van der Waals surface area (Å²) in [4.78, 5) is 26.5. The van der Waals surface area contributed by atoms with Crippen molar-refractivity contribution in [1.82, 2.24) is 24.6 Å². The lowest BCUT2D eigenvalue weighted by molar-refractivity contribution is -0.141. The Balaban J connectivity index is 1.74. The molecule has 11 heteroatoms. The van der Waals surface area contributed by atoms with Crippen molar-refractivity contribution in [2.24, 2.45) is 17.6 Å². The van der Waals surface area contributed by atoms with E-state index in [1.807, 2.05) is 18.7 Å². The van der Waals surface area contributed by atoms with Crippen LogP contribution in [0.5, 0.6) is 0 Å². The highest BCUT2D eigenvalue weighted by molar-refractivity contribution is 5.78. The van der Waals surface area contributed by atoms with Crippen LogP contribution in [0.4, 0.5) is 19.0 Å². The van der Waals surface area contributed by atoms with E-state index in [2.05, 4.69) is 20.1 Å². The summed E-state index contributed by atoms with van der Waals surface area (Å²) in [6, 6.07) is 3.64. The SMILES string of the molecule is CC1CC(C(N)=O)C(C)N(c2cc(-c3cnc4ccc(C(F)(F)F)nn34)ncn2)C1. The Kier molecular flexibility index (Phi) is 4.83. The summed E-state index contributed by atoms with van der Waals surface area (Å²) >= 11 is 0. The molecule has 1 aliphatic rings. The van der Waals surface area contributed by atoms with Crippen LogP contribution in [0.25, 0.3) is 17.0 Å². The molecule has 158 valence electrons. The Morgan fingerprint density at radius 1 is 1.20 bits per heavy atom. The van der Waals surface area contributed by atoms with Crippen LogP contribution in [0.2, 0.25) is 0 Å². The second-order valence-electron chi connectivity index (χ2n) is 7.63. The van der Waals surface area contributed by atoms with E-state index in [4.69, 9.17) is 5.73 Å². The Morgan fingerprint density at radius 3 is 2.67 bits per heavy atom. The zero-order chi connectivity index (χ0) is 21.6. The van der Waals surface area contributed by atoms with E-state index in [-0.39, 0.29) is 29.4 Å². The maximum Gasteiger partial charge on any atom is 0.435 e. The number of aromatic nitrogens is 5. The number of primary amides is 1. The fourth-order valence-corrected chi connectivity index (χ4v) is 3.92. The van der Waals surface area contributed by atoms with Crippen molar-refractivity contribution in [3.05, 3.63) is 36.4 Å². The fourth-order valence-electron chi connectivity index (χ4n) is 3.92. The molecule has 0 spiro atoms. The number of piperidine rings is 1. The quantitative estimate of drug-likeness (QED) is 0.700. The van der Waals surface area contributed by atoms with Crippen molar-refractivity contribution >= 4 is 17.4 Å². The van der Waals surface area contributed by atoms with Crippen molar-refractivity contribution < 1.29 is 18.0 Å². The molecule has 3 atom stereocenters. The highest BCUT2D eigenvalue weighted by atomic mass is 19.4. The molecule has 3 unspecified atom stereocenters. The zero-order valence-electron chi connectivity index (χ0n) is 16.3. The van der Waals surface area contributed by atoms with Crippen LogP contribution in [0.15, 0.2) is 30.7 Å². The van der Waals surface area contributed by atoms with Gasteiger partial charge in [-0.2, -0.15) is 18.3 Å². The van der Waals surface area contributed by atoms with E-state index in [9.17, 15) is 18.0 Å². The van der Waals surface area contributed by atoms with Gasteiger partial charge in [-0.25, -0.2) is 19.5 Å². The minimum Gasteiger partial charge on any atom is -0.369 e. The van der Waals surface area contributed by atoms with Gasteiger partial charge in [-0.15, -0.1) is 0 Å². The third-order valence-corrected chi connectivity index (χ3v) is 5.47. The number of imidazole rings is 1. The van der Waals surface area contributed by atoms with Crippen LogP contribution in [-0.4, -0.2) is 43.1 Å². The van der Waals surface area contributed by atoms with Crippen molar-refractivity contribution in [3.8, 4) is 11.4 Å². The molecule has 2 N–H and O–H groups in total. The number of carbonyl (C=O) groups is 1. The predicted octanol–water partition coefficient (Wildman–Crippen LogP) is 2.54. The molecule has 0 aliphatic carbocycles. The van der Waals surface area contributed by atoms with Gasteiger partial charge in [-0.3, -0.25) is 4.79 Å². The van der Waals surface area contributed by atoms with Crippen molar-refractivity contribution in [2.75, 3.05) is 11.4 Å². The smallest absolute Gasteiger partial charge is 0.369 e. The minimum absolute atomic E-state index is 0.168. The third kappa shape index (κ3) is 3.55. The number of hydrogen-bond acceptors (Lipinski definition) is 6. The Bertz CT molecular complexity index is 1100. The van der Waals surface area contributed by atoms with Crippen molar-refractivity contribution in [3.63, 3.8) is 0 Å². The van der Waals surface area contributed by atoms with Gasteiger partial charge in [0.1, 0.15) is 17.8 Å². The molecule has 30 heavy (non-hydrogen) atoms. The summed E-state index contributed by atoms with van der Waals surface area (Å²) in [5.41, 5.74) is 5.50. The molecule has 1 amide bonds. The number of nitrogens with zero attached hydrogens (tertiary/aromatic N) is 6. The number of anilines is 1. The van der Waals surface area contributed by atoms with Crippen molar-refractivity contribution in [1.29, 1.82) is 0 Å². The standard InChI is InChI=1S/C19H20F3N7O/c1-10-5-12(18(23)30)11(2)28(8-10)17-6-13(25-9-26-17)14-7-24-16-4-3-15(19(20,21)22)27-29(14)16/h3-4,6-7,9-12H,5,8H2,1-2H3,(H2,23,30). The summed E-state index contributed by atoms with van der Waals surface area (Å²) in [7, 11) is 0. The van der Waals surface area contributed by atoms with Gasteiger partial charge >= 0.3 is 6.18 Å². The summed E-state index contributed by atoms with van der Waals surface area (Å²) in [6.45, 7) is 4.61. The topological polar surface area (TPSA) is 102 Å². The van der Waals surface area contributed by atoms with Crippen LogP contribution in [0, 0.1) is 11.8 Å². The first-order valence-corrected chi connectivity index (χ1v) is 9.45. The van der Waals surface area contributed by atoms with Crippen LogP contribution >= 0.6 is 0 Å². The van der Waals surface area contributed by atoms with E-state index >= 15 is 0 Å². The third-order valence-electron chi connectivity index (χ3n) is 5.47. The maximum atomic E-state index is 13.1. The molecule has 1 aliphatic heterocycles. The molecule has 0 bridgehead atoms. The number of hydrogen-bond donors (Lipinski definition) is 1. The zero-order valence-corrected chi connectivity index (χ0v) is 16.3. The average molecular weight is 419 g/mol. The molecular formula is C19H20F3N7O. The number of nitrogens with two attached hydrogens (primary N) is 1. The Morgan fingerprint density at radius 2 is 1.97 bits per heavy atom. The first-order chi connectivity index (χ1) is 14.1. The number of alkyl halides is 3. The molecule has 4 rings (SSSR count). The fraction of sp³-hybridized carbons (Fsp3) is 0.421. The minimum atomic E-state index is -4.57. The first kappa shape index (κ1) is 20.0. The van der Waals surface area contributed by atoms with Gasteiger partial charge in [0.15, 0.2) is 11.3 Å². The summed E-state index contributed by atoms with van der Waals surface area (Å²) < 4.78 is 40.3. The van der Waals surface area contributed by atoms with Gasteiger partial charge in [0.05, 0.1) is 17.8 Å². The highest BCUT2D eigenvalue weighted by Crippen LogP contribution is 2.32. The van der Waals surface area contributed by atoms with Gasteiger partial charge in [-0.05, 0) is 31.4 Å². The number of fused-ring (bicyclic) bond motifs is 1. The molecule has 0 radical (unpaired) electrons. The summed E-state index contributed by atoms with van der Waals surface area (Å²) in [6.07, 6.45) is -1.12. The van der Waals surface area contributed by atoms with Crippen LogP contribution in [0.1, 0.15) is 26.0 Å². The molecule has 0 aromatic carbocycles.